The van der Waals surface area contributed by atoms with Crippen LogP contribution in [-0.2, 0) is 19.2 Å². The zero-order chi connectivity index (χ0) is 18.7. The molecule has 0 spiro atoms. The fourth-order valence-corrected chi connectivity index (χ4v) is 2.14. The molecule has 0 aliphatic rings. The highest BCUT2D eigenvalue weighted by molar-refractivity contribution is 7.98. The molecule has 0 bridgehead atoms. The fraction of sp³-hybridized carbons (Fsp3) is 0.692. The van der Waals surface area contributed by atoms with Gasteiger partial charge >= 0.3 is 5.97 Å². The van der Waals surface area contributed by atoms with Gasteiger partial charge in [0.25, 0.3) is 0 Å². The van der Waals surface area contributed by atoms with Crippen molar-refractivity contribution in [2.45, 2.75) is 37.4 Å². The molecule has 0 aromatic carbocycles. The molecule has 0 fully saturated rings. The summed E-state index contributed by atoms with van der Waals surface area (Å²) in [6, 6.07) is -3.48. The van der Waals surface area contributed by atoms with Gasteiger partial charge in [-0.05, 0) is 24.9 Å². The third-order valence-corrected chi connectivity index (χ3v) is 3.72. The van der Waals surface area contributed by atoms with Gasteiger partial charge in [0, 0.05) is 6.42 Å². The van der Waals surface area contributed by atoms with Gasteiger partial charge in [0.1, 0.15) is 12.1 Å². The number of nitrogens with one attached hydrogen (secondary N) is 2. The van der Waals surface area contributed by atoms with E-state index in [1.807, 2.05) is 6.26 Å². The van der Waals surface area contributed by atoms with Crippen LogP contribution >= 0.6 is 11.8 Å². The van der Waals surface area contributed by atoms with Crippen molar-refractivity contribution in [1.82, 2.24) is 10.6 Å². The molecule has 3 amide bonds. The van der Waals surface area contributed by atoms with Crippen molar-refractivity contribution in [2.24, 2.45) is 11.5 Å². The first-order valence-corrected chi connectivity index (χ1v) is 8.59. The van der Waals surface area contributed by atoms with Crippen LogP contribution in [0.2, 0.25) is 0 Å². The molecule has 0 aromatic heterocycles. The van der Waals surface area contributed by atoms with E-state index >= 15 is 0 Å². The quantitative estimate of drug-likeness (QED) is 0.217. The van der Waals surface area contributed by atoms with Crippen LogP contribution in [0.5, 0.6) is 0 Å². The van der Waals surface area contributed by atoms with Crippen molar-refractivity contribution in [2.75, 3.05) is 18.6 Å². The number of aliphatic hydroxyl groups is 1. The first-order valence-electron chi connectivity index (χ1n) is 7.20. The Balaban J connectivity index is 4.79. The Morgan fingerprint density at radius 1 is 1.08 bits per heavy atom. The molecular formula is C13H24N4O6S. The number of rotatable bonds is 12. The molecule has 0 aromatic rings. The Morgan fingerprint density at radius 3 is 2.12 bits per heavy atom. The lowest BCUT2D eigenvalue weighted by molar-refractivity contribution is -0.143. The molecule has 138 valence electrons. The predicted octanol–water partition coefficient (Wildman–Crippen LogP) is -2.62. The largest absolute Gasteiger partial charge is 0.480 e. The summed E-state index contributed by atoms with van der Waals surface area (Å²) in [5.41, 5.74) is 10.6. The molecule has 0 unspecified atom stereocenters. The number of aliphatic hydroxyl groups excluding tert-OH is 1. The van der Waals surface area contributed by atoms with Crippen LogP contribution in [0.25, 0.3) is 0 Å². The summed E-state index contributed by atoms with van der Waals surface area (Å²) >= 11 is 1.44. The van der Waals surface area contributed by atoms with Crippen LogP contribution in [0.15, 0.2) is 0 Å². The van der Waals surface area contributed by atoms with Crippen LogP contribution in [0.1, 0.15) is 19.3 Å². The minimum absolute atomic E-state index is 0.0342. The molecule has 0 saturated heterocycles. The number of hydrogen-bond acceptors (Lipinski definition) is 7. The minimum atomic E-state index is -1.46. The standard InChI is InChI=1S/C13H24N4O6S/c1-24-5-4-8(12(21)17-9(6-18)13(22)23)16-11(20)7(14)2-3-10(15)19/h7-9,18H,2-6,14H2,1H3,(H2,15,19)(H,16,20)(H,17,21)(H,22,23)/t7-,8-,9-/m0/s1. The van der Waals surface area contributed by atoms with Crippen LogP contribution in [0.4, 0.5) is 0 Å². The predicted molar refractivity (Wildman–Crippen MR) is 88.0 cm³/mol. The second kappa shape index (κ2) is 11.6. The van der Waals surface area contributed by atoms with E-state index in [0.717, 1.165) is 0 Å². The van der Waals surface area contributed by atoms with E-state index in [-0.39, 0.29) is 19.3 Å². The number of aliphatic carboxylic acids is 1. The van der Waals surface area contributed by atoms with Gasteiger partial charge in [-0.25, -0.2) is 4.79 Å². The average Bonchev–Trinajstić information content (AvgIpc) is 2.52. The summed E-state index contributed by atoms with van der Waals surface area (Å²) in [7, 11) is 0. The van der Waals surface area contributed by atoms with E-state index < -0.39 is 48.4 Å². The van der Waals surface area contributed by atoms with E-state index in [1.165, 1.54) is 11.8 Å². The fourth-order valence-electron chi connectivity index (χ4n) is 1.67. The van der Waals surface area contributed by atoms with Crippen molar-refractivity contribution >= 4 is 35.5 Å². The molecule has 10 nitrogen and oxygen atoms in total. The maximum Gasteiger partial charge on any atom is 0.328 e. The van der Waals surface area contributed by atoms with Crippen molar-refractivity contribution in [3.8, 4) is 0 Å². The normalized spacial score (nSPS) is 14.3. The lowest BCUT2D eigenvalue weighted by atomic mass is 10.1. The number of carboxylic acid groups (broad SMARTS) is 1. The zero-order valence-electron chi connectivity index (χ0n) is 13.4. The Kier molecular flexibility index (Phi) is 10.8. The summed E-state index contributed by atoms with van der Waals surface area (Å²) in [4.78, 5) is 45.7. The Morgan fingerprint density at radius 2 is 1.67 bits per heavy atom. The summed E-state index contributed by atoms with van der Waals surface area (Å²) in [6.45, 7) is -0.775. The number of carbonyl (C=O) groups is 4. The van der Waals surface area contributed by atoms with Crippen LogP contribution in [-0.4, -0.2) is 70.6 Å². The second-order valence-corrected chi connectivity index (χ2v) is 6.02. The molecule has 24 heavy (non-hydrogen) atoms. The summed E-state index contributed by atoms with van der Waals surface area (Å²) in [5.74, 6) is -2.83. The number of primary amides is 1. The zero-order valence-corrected chi connectivity index (χ0v) is 14.2. The van der Waals surface area contributed by atoms with Crippen molar-refractivity contribution in [3.05, 3.63) is 0 Å². The van der Waals surface area contributed by atoms with Crippen molar-refractivity contribution in [3.63, 3.8) is 0 Å². The minimum Gasteiger partial charge on any atom is -0.480 e. The monoisotopic (exact) mass is 364 g/mol. The lowest BCUT2D eigenvalue weighted by Crippen LogP contribution is -2.55. The first kappa shape index (κ1) is 22.1. The molecule has 0 aliphatic carbocycles. The van der Waals surface area contributed by atoms with E-state index in [1.54, 1.807) is 0 Å². The molecule has 8 N–H and O–H groups in total. The summed E-state index contributed by atoms with van der Waals surface area (Å²) < 4.78 is 0. The van der Waals surface area contributed by atoms with Crippen LogP contribution in [0.3, 0.4) is 0 Å². The number of hydrogen-bond donors (Lipinski definition) is 6. The van der Waals surface area contributed by atoms with Gasteiger partial charge in [0.2, 0.25) is 17.7 Å². The van der Waals surface area contributed by atoms with E-state index in [0.29, 0.717) is 5.75 Å². The number of nitrogens with two attached hydrogens (primary N) is 2. The highest BCUT2D eigenvalue weighted by Crippen LogP contribution is 2.03. The van der Waals surface area contributed by atoms with Crippen molar-refractivity contribution in [1.29, 1.82) is 0 Å². The van der Waals surface area contributed by atoms with E-state index in [9.17, 15) is 19.2 Å². The highest BCUT2D eigenvalue weighted by atomic mass is 32.2. The SMILES string of the molecule is CSCC[C@H](NC(=O)[C@@H](N)CCC(N)=O)C(=O)N[C@@H](CO)C(=O)O. The Hall–Kier alpha value is -1.85. The molecule has 0 saturated carbocycles. The molecule has 0 heterocycles. The maximum atomic E-state index is 12.1. The van der Waals surface area contributed by atoms with Gasteiger partial charge in [-0.1, -0.05) is 0 Å². The first-order chi connectivity index (χ1) is 11.2. The molecule has 0 aliphatic heterocycles. The Labute approximate surface area is 143 Å². The topological polar surface area (TPSA) is 185 Å². The van der Waals surface area contributed by atoms with Gasteiger partial charge < -0.3 is 32.3 Å². The van der Waals surface area contributed by atoms with Gasteiger partial charge in [-0.15, -0.1) is 0 Å². The summed E-state index contributed by atoms with van der Waals surface area (Å²) in [5, 5.41) is 22.4. The van der Waals surface area contributed by atoms with Crippen LogP contribution < -0.4 is 22.1 Å². The highest BCUT2D eigenvalue weighted by Gasteiger charge is 2.27. The third-order valence-electron chi connectivity index (χ3n) is 3.08. The number of carbonyl (C=O) groups excluding carboxylic acids is 3. The second-order valence-electron chi connectivity index (χ2n) is 5.04. The Bertz CT molecular complexity index is 462. The smallest absolute Gasteiger partial charge is 0.328 e. The maximum absolute atomic E-state index is 12.1. The molecular weight excluding hydrogens is 340 g/mol. The number of carboxylic acids is 1. The average molecular weight is 364 g/mol. The molecule has 11 heteroatoms. The molecule has 3 atom stereocenters. The van der Waals surface area contributed by atoms with E-state index in [4.69, 9.17) is 21.7 Å². The lowest BCUT2D eigenvalue weighted by Gasteiger charge is -2.22. The summed E-state index contributed by atoms with van der Waals surface area (Å²) in [6.07, 6.45) is 2.02. The molecule has 0 rings (SSSR count). The number of thioether (sulfide) groups is 1. The van der Waals surface area contributed by atoms with E-state index in [2.05, 4.69) is 10.6 Å². The van der Waals surface area contributed by atoms with Gasteiger partial charge in [0.15, 0.2) is 0 Å². The molecule has 0 radical (unpaired) electrons. The van der Waals surface area contributed by atoms with Crippen molar-refractivity contribution < 1.29 is 29.4 Å². The van der Waals surface area contributed by atoms with Gasteiger partial charge in [-0.3, -0.25) is 14.4 Å². The third kappa shape index (κ3) is 8.70. The number of amides is 3. The van der Waals surface area contributed by atoms with Crippen LogP contribution in [0, 0.1) is 0 Å². The van der Waals surface area contributed by atoms with Gasteiger partial charge in [-0.2, -0.15) is 11.8 Å². The van der Waals surface area contributed by atoms with Gasteiger partial charge in [0.05, 0.1) is 12.6 Å².